The maximum absolute atomic E-state index is 12.9. The van der Waals surface area contributed by atoms with Gasteiger partial charge in [-0.1, -0.05) is 12.8 Å². The molecule has 10 nitrogen and oxygen atoms in total. The first-order chi connectivity index (χ1) is 19.4. The molecule has 2 atom stereocenters. The third-order valence-corrected chi connectivity index (χ3v) is 7.64. The SMILES string of the molecule is CC[N+](C)(CC(=O)CCCCCCC(=O)C[N+](C)(CC)Cc1ncccc1OC(=O)N(C)C)Cc1ncccc1O. The highest BCUT2D eigenvalue weighted by molar-refractivity contribution is 5.80. The van der Waals surface area contributed by atoms with E-state index in [-0.39, 0.29) is 17.3 Å². The Hall–Kier alpha value is -3.37. The summed E-state index contributed by atoms with van der Waals surface area (Å²) >= 11 is 0. The highest BCUT2D eigenvalue weighted by atomic mass is 16.6. The highest BCUT2D eigenvalue weighted by Crippen LogP contribution is 2.22. The van der Waals surface area contributed by atoms with Crippen LogP contribution in [0.1, 0.15) is 63.8 Å². The zero-order valence-electron chi connectivity index (χ0n) is 25.8. The van der Waals surface area contributed by atoms with Crippen molar-refractivity contribution in [2.75, 3.05) is 54.4 Å². The summed E-state index contributed by atoms with van der Waals surface area (Å²) in [6.07, 6.45) is 7.30. The number of Topliss-reactive ketones (excluding diaryl/α,β-unsaturated/α-hetero) is 2. The lowest BCUT2D eigenvalue weighted by Crippen LogP contribution is -2.47. The Morgan fingerprint density at radius 2 is 1.29 bits per heavy atom. The van der Waals surface area contributed by atoms with Crippen LogP contribution >= 0.6 is 0 Å². The third kappa shape index (κ3) is 11.6. The molecule has 0 bridgehead atoms. The van der Waals surface area contributed by atoms with Crippen LogP contribution in [0.5, 0.6) is 11.5 Å². The van der Waals surface area contributed by atoms with Crippen LogP contribution in [0.2, 0.25) is 0 Å². The minimum atomic E-state index is -0.467. The fourth-order valence-corrected chi connectivity index (χ4v) is 4.66. The quantitative estimate of drug-likeness (QED) is 0.209. The van der Waals surface area contributed by atoms with E-state index < -0.39 is 6.09 Å². The first kappa shape index (κ1) is 33.8. The molecule has 0 radical (unpaired) electrons. The first-order valence-corrected chi connectivity index (χ1v) is 14.6. The Morgan fingerprint density at radius 1 is 0.805 bits per heavy atom. The van der Waals surface area contributed by atoms with Crippen molar-refractivity contribution in [1.82, 2.24) is 14.9 Å². The summed E-state index contributed by atoms with van der Waals surface area (Å²) in [4.78, 5) is 47.7. The topological polar surface area (TPSA) is 110 Å². The number of quaternary nitrogens is 2. The molecule has 2 heterocycles. The van der Waals surface area contributed by atoms with Crippen LogP contribution in [0.25, 0.3) is 0 Å². The van der Waals surface area contributed by atoms with Crippen molar-refractivity contribution in [1.29, 1.82) is 0 Å². The van der Waals surface area contributed by atoms with Gasteiger partial charge < -0.3 is 23.7 Å². The lowest BCUT2D eigenvalue weighted by atomic mass is 10.1. The van der Waals surface area contributed by atoms with Gasteiger partial charge in [-0.25, -0.2) is 4.79 Å². The molecule has 2 aromatic heterocycles. The normalized spacial score (nSPS) is 14.1. The Labute approximate surface area is 245 Å². The average molecular weight is 572 g/mol. The molecule has 1 amide bonds. The molecule has 0 saturated carbocycles. The number of nitrogens with zero attached hydrogens (tertiary/aromatic N) is 5. The van der Waals surface area contributed by atoms with E-state index in [2.05, 4.69) is 9.97 Å². The number of aromatic nitrogens is 2. The van der Waals surface area contributed by atoms with Gasteiger partial charge in [0.15, 0.2) is 17.3 Å². The molecule has 0 aromatic carbocycles. The average Bonchev–Trinajstić information content (AvgIpc) is 2.92. The number of rotatable bonds is 18. The molecular weight excluding hydrogens is 522 g/mol. The number of unbranched alkanes of at least 4 members (excludes halogenated alkanes) is 3. The molecule has 2 rings (SSSR count). The van der Waals surface area contributed by atoms with Crippen molar-refractivity contribution < 1.29 is 33.2 Å². The molecule has 2 aromatic rings. The van der Waals surface area contributed by atoms with E-state index in [0.717, 1.165) is 38.8 Å². The fourth-order valence-electron chi connectivity index (χ4n) is 4.66. The predicted molar refractivity (Wildman–Crippen MR) is 158 cm³/mol. The van der Waals surface area contributed by atoms with Gasteiger partial charge in [0.2, 0.25) is 0 Å². The van der Waals surface area contributed by atoms with E-state index in [9.17, 15) is 19.5 Å². The molecule has 0 aliphatic rings. The van der Waals surface area contributed by atoms with Crippen LogP contribution in [0.3, 0.4) is 0 Å². The second kappa shape index (κ2) is 16.2. The number of amides is 1. The van der Waals surface area contributed by atoms with Gasteiger partial charge in [-0.2, -0.15) is 0 Å². The largest absolute Gasteiger partial charge is 0.506 e. The number of likely N-dealkylation sites (N-methyl/N-ethyl adjacent to an activating group) is 2. The minimum Gasteiger partial charge on any atom is -0.506 e. The maximum Gasteiger partial charge on any atom is 0.414 e. The van der Waals surface area contributed by atoms with Gasteiger partial charge >= 0.3 is 6.09 Å². The van der Waals surface area contributed by atoms with Gasteiger partial charge in [0, 0.05) is 39.3 Å². The molecule has 0 spiro atoms. The molecule has 2 unspecified atom stereocenters. The van der Waals surface area contributed by atoms with Crippen molar-refractivity contribution in [3.05, 3.63) is 48.0 Å². The molecule has 1 N–H and O–H groups in total. The second-order valence-corrected chi connectivity index (χ2v) is 11.7. The van der Waals surface area contributed by atoms with Crippen molar-refractivity contribution in [3.63, 3.8) is 0 Å². The standard InChI is InChI=1S/C31H48N5O5/c1-7-35(5,23-27-29(39)17-13-19-32-27)21-25(37)15-11-9-10-12-16-26(38)22-36(6,8-2)24-28-30(18-14-20-33-28)41-31(40)34(3)4/h13-14,17-20H,7-12,15-16,21-24H2,1-6H3/q+1/p+1. The third-order valence-electron chi connectivity index (χ3n) is 7.64. The predicted octanol–water partition coefficient (Wildman–Crippen LogP) is 4.35. The van der Waals surface area contributed by atoms with Crippen LogP contribution in [0, 0.1) is 0 Å². The van der Waals surface area contributed by atoms with Crippen molar-refractivity contribution >= 4 is 17.7 Å². The number of hydrogen-bond acceptors (Lipinski definition) is 7. The summed E-state index contributed by atoms with van der Waals surface area (Å²) < 4.78 is 6.46. The summed E-state index contributed by atoms with van der Waals surface area (Å²) in [5.41, 5.74) is 1.26. The van der Waals surface area contributed by atoms with E-state index in [1.54, 1.807) is 50.8 Å². The first-order valence-electron chi connectivity index (χ1n) is 14.6. The van der Waals surface area contributed by atoms with E-state index in [4.69, 9.17) is 4.74 Å². The van der Waals surface area contributed by atoms with E-state index in [1.165, 1.54) is 4.90 Å². The number of carbonyl (C=O) groups is 3. The van der Waals surface area contributed by atoms with Gasteiger partial charge in [0.25, 0.3) is 0 Å². The van der Waals surface area contributed by atoms with Crippen LogP contribution in [-0.2, 0) is 22.7 Å². The maximum atomic E-state index is 12.9. The minimum absolute atomic E-state index is 0.164. The zero-order valence-corrected chi connectivity index (χ0v) is 25.8. The number of carbonyl (C=O) groups excluding carboxylic acids is 3. The molecular formula is C31H49N5O5+2. The van der Waals surface area contributed by atoms with Crippen LogP contribution in [0.15, 0.2) is 36.7 Å². The van der Waals surface area contributed by atoms with Gasteiger partial charge in [-0.15, -0.1) is 0 Å². The summed E-state index contributed by atoms with van der Waals surface area (Å²) in [6, 6.07) is 6.77. The molecule has 226 valence electrons. The molecule has 0 saturated heterocycles. The molecule has 0 aliphatic heterocycles. The number of hydrogen-bond donors (Lipinski definition) is 1. The van der Waals surface area contributed by atoms with Gasteiger partial charge in [0.1, 0.15) is 43.3 Å². The summed E-state index contributed by atoms with van der Waals surface area (Å²) in [6.45, 7) is 7.37. The van der Waals surface area contributed by atoms with Gasteiger partial charge in [-0.05, 0) is 51.0 Å². The Bertz CT molecular complexity index is 1160. The monoisotopic (exact) mass is 571 g/mol. The van der Waals surface area contributed by atoms with Crippen LogP contribution < -0.4 is 4.74 Å². The molecule has 10 heteroatoms. The Kier molecular flexibility index (Phi) is 13.3. The lowest BCUT2D eigenvalue weighted by molar-refractivity contribution is -0.913. The Balaban J connectivity index is 1.75. The van der Waals surface area contributed by atoms with Crippen molar-refractivity contribution in [3.8, 4) is 11.5 Å². The summed E-state index contributed by atoms with van der Waals surface area (Å²) in [5, 5.41) is 10.1. The number of aromatic hydroxyl groups is 1. The van der Waals surface area contributed by atoms with E-state index in [0.29, 0.717) is 65.1 Å². The van der Waals surface area contributed by atoms with Crippen molar-refractivity contribution in [2.45, 2.75) is 65.5 Å². The zero-order chi connectivity index (χ0) is 30.5. The van der Waals surface area contributed by atoms with Crippen LogP contribution in [-0.4, -0.2) is 101 Å². The Morgan fingerprint density at radius 3 is 1.78 bits per heavy atom. The molecule has 0 fully saturated rings. The van der Waals surface area contributed by atoms with Crippen LogP contribution in [0.4, 0.5) is 4.79 Å². The summed E-state index contributed by atoms with van der Waals surface area (Å²) in [7, 11) is 7.29. The lowest BCUT2D eigenvalue weighted by Gasteiger charge is -2.32. The van der Waals surface area contributed by atoms with E-state index >= 15 is 0 Å². The van der Waals surface area contributed by atoms with Gasteiger partial charge in [-0.3, -0.25) is 19.6 Å². The number of ether oxygens (including phenoxy) is 1. The summed E-state index contributed by atoms with van der Waals surface area (Å²) in [5.74, 6) is 0.986. The molecule has 41 heavy (non-hydrogen) atoms. The fraction of sp³-hybridized carbons (Fsp3) is 0.581. The highest BCUT2D eigenvalue weighted by Gasteiger charge is 2.27. The van der Waals surface area contributed by atoms with Gasteiger partial charge in [0.05, 0.1) is 27.2 Å². The smallest absolute Gasteiger partial charge is 0.414 e. The molecule has 0 aliphatic carbocycles. The second-order valence-electron chi connectivity index (χ2n) is 11.7. The number of pyridine rings is 2. The van der Waals surface area contributed by atoms with Crippen molar-refractivity contribution in [2.24, 2.45) is 0 Å². The number of ketones is 2. The van der Waals surface area contributed by atoms with E-state index in [1.807, 2.05) is 27.9 Å².